The Morgan fingerprint density at radius 2 is 2.05 bits per heavy atom. The molecule has 0 bridgehead atoms. The normalized spacial score (nSPS) is 17.3. The number of sulfonamides is 1. The Morgan fingerprint density at radius 1 is 1.29 bits per heavy atom. The van der Waals surface area contributed by atoms with E-state index in [0.717, 1.165) is 27.1 Å². The third-order valence-electron chi connectivity index (χ3n) is 6.34. The maximum absolute atomic E-state index is 13.5. The van der Waals surface area contributed by atoms with Crippen molar-refractivity contribution in [3.05, 3.63) is 45.4 Å². The average molecular weight is 600 g/mol. The molecule has 1 fully saturated rings. The zero-order valence-corrected chi connectivity index (χ0v) is 24.8. The number of halogens is 1. The second-order valence-electron chi connectivity index (χ2n) is 9.67. The number of rotatable bonds is 10. The first-order valence-electron chi connectivity index (χ1n) is 12.0. The third-order valence-corrected chi connectivity index (χ3v) is 10.8. The molecule has 0 aliphatic carbocycles. The summed E-state index contributed by atoms with van der Waals surface area (Å²) in [5, 5.41) is 3.89. The molecule has 1 aromatic carbocycles. The van der Waals surface area contributed by atoms with Crippen LogP contribution < -0.4 is 0 Å². The molecule has 2 aromatic heterocycles. The summed E-state index contributed by atoms with van der Waals surface area (Å²) in [6.07, 6.45) is 0.190. The minimum Gasteiger partial charge on any atom is -0.466 e. The van der Waals surface area contributed by atoms with Crippen LogP contribution in [0.25, 0.3) is 10.1 Å². The lowest BCUT2D eigenvalue weighted by molar-refractivity contribution is -0.144. The first-order chi connectivity index (χ1) is 17.9. The molecule has 9 nitrogen and oxygen atoms in total. The van der Waals surface area contributed by atoms with Crippen LogP contribution in [0.15, 0.2) is 33.9 Å². The highest BCUT2D eigenvalue weighted by atomic mass is 35.5. The molecule has 1 aliphatic heterocycles. The Balaban J connectivity index is 1.51. The molecule has 1 atom stereocenters. The van der Waals surface area contributed by atoms with Crippen molar-refractivity contribution in [2.45, 2.75) is 49.4 Å². The number of hydrogen-bond donors (Lipinski definition) is 0. The van der Waals surface area contributed by atoms with Gasteiger partial charge >= 0.3 is 5.97 Å². The number of thiophene rings is 1. The van der Waals surface area contributed by atoms with Gasteiger partial charge in [0, 0.05) is 34.2 Å². The molecule has 0 radical (unpaired) electrons. The summed E-state index contributed by atoms with van der Waals surface area (Å²) in [4.78, 5) is 31.6. The number of methoxy groups -OCH3 is 1. The van der Waals surface area contributed by atoms with Crippen molar-refractivity contribution in [1.29, 1.82) is 0 Å². The molecule has 0 N–H and O–H groups in total. The van der Waals surface area contributed by atoms with Gasteiger partial charge in [0.1, 0.15) is 9.22 Å². The highest BCUT2D eigenvalue weighted by Crippen LogP contribution is 2.34. The predicted octanol–water partition coefficient (Wildman–Crippen LogP) is 4.29. The van der Waals surface area contributed by atoms with E-state index >= 15 is 0 Å². The maximum atomic E-state index is 13.5. The molecule has 0 unspecified atom stereocenters. The van der Waals surface area contributed by atoms with E-state index in [2.05, 4.69) is 0 Å². The Kier molecular flexibility index (Phi) is 8.80. The number of aromatic nitrogens is 1. The van der Waals surface area contributed by atoms with Gasteiger partial charge in [0.15, 0.2) is 0 Å². The van der Waals surface area contributed by atoms with Crippen LogP contribution in [0.1, 0.15) is 37.9 Å². The summed E-state index contributed by atoms with van der Waals surface area (Å²) in [5.74, 6) is -0.616. The zero-order chi connectivity index (χ0) is 27.7. The maximum Gasteiger partial charge on any atom is 0.306 e. The van der Waals surface area contributed by atoms with Crippen molar-refractivity contribution in [2.75, 3.05) is 33.4 Å². The molecule has 3 aromatic rings. The molecule has 13 heteroatoms. The number of fused-ring (bicyclic) bond motifs is 1. The fourth-order valence-corrected chi connectivity index (χ4v) is 8.56. The molecular weight excluding hydrogens is 570 g/mol. The van der Waals surface area contributed by atoms with Crippen LogP contribution in [0.3, 0.4) is 0 Å². The highest BCUT2D eigenvalue weighted by Gasteiger charge is 2.40. The van der Waals surface area contributed by atoms with E-state index in [-0.39, 0.29) is 48.7 Å². The lowest BCUT2D eigenvalue weighted by atomic mass is 9.86. The Hall–Kier alpha value is -2.09. The molecule has 1 saturated heterocycles. The fraction of sp³-hybridized carbons (Fsp3) is 0.480. The van der Waals surface area contributed by atoms with Crippen LogP contribution in [0.4, 0.5) is 0 Å². The minimum absolute atomic E-state index is 0.101. The zero-order valence-electron chi connectivity index (χ0n) is 21.6. The van der Waals surface area contributed by atoms with Crippen LogP contribution in [0.2, 0.25) is 5.02 Å². The van der Waals surface area contributed by atoms with Crippen LogP contribution in [-0.2, 0) is 41.0 Å². The lowest BCUT2D eigenvalue weighted by Crippen LogP contribution is -2.58. The fourth-order valence-electron chi connectivity index (χ4n) is 4.32. The lowest BCUT2D eigenvalue weighted by Gasteiger charge is -2.39. The number of amides is 1. The van der Waals surface area contributed by atoms with E-state index in [1.165, 1.54) is 22.8 Å². The van der Waals surface area contributed by atoms with Gasteiger partial charge in [0.25, 0.3) is 10.0 Å². The number of piperazine rings is 1. The van der Waals surface area contributed by atoms with Gasteiger partial charge in [-0.3, -0.25) is 9.59 Å². The predicted molar refractivity (Wildman–Crippen MR) is 148 cm³/mol. The van der Waals surface area contributed by atoms with E-state index in [1.54, 1.807) is 36.1 Å². The minimum atomic E-state index is -3.90. The van der Waals surface area contributed by atoms with Gasteiger partial charge in [-0.1, -0.05) is 31.5 Å². The molecule has 0 spiro atoms. The van der Waals surface area contributed by atoms with Gasteiger partial charge in [0.05, 0.1) is 44.5 Å². The van der Waals surface area contributed by atoms with E-state index in [4.69, 9.17) is 26.1 Å². The van der Waals surface area contributed by atoms with Crippen molar-refractivity contribution in [3.63, 3.8) is 0 Å². The molecule has 0 saturated carbocycles. The number of hydrogen-bond acceptors (Lipinski definition) is 9. The van der Waals surface area contributed by atoms with Gasteiger partial charge in [0.2, 0.25) is 5.91 Å². The van der Waals surface area contributed by atoms with E-state index in [1.807, 2.05) is 19.2 Å². The standard InChI is InChI=1S/C25H30ClN3O6S3/c1-5-35-23(31)10-25(2,3)20-15-36-21(27-20)12-29-18(14-34-4)11-28(13-22(29)30)38(32,33)24-8-16-6-7-17(26)9-19(16)37-24/h6-9,15,18H,5,10-14H2,1-4H3/t18-/m1/s1. The monoisotopic (exact) mass is 599 g/mol. The molecule has 1 aliphatic rings. The SMILES string of the molecule is CCOC(=O)CC(C)(C)c1csc(CN2C(=O)CN(S(=O)(=O)c3cc4ccc(Cl)cc4s3)C[C@@H]2COC)n1. The largest absolute Gasteiger partial charge is 0.466 e. The highest BCUT2D eigenvalue weighted by molar-refractivity contribution is 7.91. The van der Waals surface area contributed by atoms with Crippen LogP contribution in [0, 0.1) is 0 Å². The van der Waals surface area contributed by atoms with Gasteiger partial charge in [-0.25, -0.2) is 13.4 Å². The number of ether oxygens (including phenoxy) is 2. The van der Waals surface area contributed by atoms with E-state index in [9.17, 15) is 18.0 Å². The summed E-state index contributed by atoms with van der Waals surface area (Å²) >= 11 is 8.60. The van der Waals surface area contributed by atoms with Crippen molar-refractivity contribution in [3.8, 4) is 0 Å². The Bertz CT molecular complexity index is 1430. The van der Waals surface area contributed by atoms with Crippen LogP contribution >= 0.6 is 34.3 Å². The second kappa shape index (κ2) is 11.6. The van der Waals surface area contributed by atoms with Crippen molar-refractivity contribution >= 4 is 66.3 Å². The third kappa shape index (κ3) is 6.21. The number of esters is 1. The Labute approximate surface area is 235 Å². The van der Waals surface area contributed by atoms with Gasteiger partial charge in [-0.05, 0) is 30.5 Å². The smallest absolute Gasteiger partial charge is 0.306 e. The Morgan fingerprint density at radius 3 is 2.76 bits per heavy atom. The molecule has 38 heavy (non-hydrogen) atoms. The number of carbonyl (C=O) groups is 2. The number of thiazole rings is 1. The molecule has 206 valence electrons. The topological polar surface area (TPSA) is 106 Å². The van der Waals surface area contributed by atoms with Gasteiger partial charge in [-0.2, -0.15) is 4.31 Å². The van der Waals surface area contributed by atoms with Crippen molar-refractivity contribution in [1.82, 2.24) is 14.2 Å². The number of carbonyl (C=O) groups excluding carboxylic acids is 2. The van der Waals surface area contributed by atoms with Crippen molar-refractivity contribution < 1.29 is 27.5 Å². The number of nitrogens with zero attached hydrogens (tertiary/aromatic N) is 3. The number of benzene rings is 1. The van der Waals surface area contributed by atoms with E-state index < -0.39 is 21.5 Å². The van der Waals surface area contributed by atoms with Gasteiger partial charge < -0.3 is 14.4 Å². The first kappa shape index (κ1) is 28.9. The van der Waals surface area contributed by atoms with Crippen LogP contribution in [-0.4, -0.2) is 73.9 Å². The molecule has 1 amide bonds. The van der Waals surface area contributed by atoms with Gasteiger partial charge in [-0.15, -0.1) is 22.7 Å². The summed E-state index contributed by atoms with van der Waals surface area (Å²) < 4.78 is 39.6. The summed E-state index contributed by atoms with van der Waals surface area (Å²) in [5.41, 5.74) is 0.213. The molecular formula is C25H30ClN3O6S3. The summed E-state index contributed by atoms with van der Waals surface area (Å²) in [7, 11) is -2.38. The quantitative estimate of drug-likeness (QED) is 0.320. The van der Waals surface area contributed by atoms with Crippen LogP contribution in [0.5, 0.6) is 0 Å². The van der Waals surface area contributed by atoms with Crippen molar-refractivity contribution in [2.24, 2.45) is 0 Å². The first-order valence-corrected chi connectivity index (χ1v) is 15.5. The average Bonchev–Trinajstić information content (AvgIpc) is 3.48. The molecule has 4 rings (SSSR count). The second-order valence-corrected chi connectivity index (χ2v) is 14.3. The molecule has 3 heterocycles. The van der Waals surface area contributed by atoms with E-state index in [0.29, 0.717) is 16.6 Å². The summed E-state index contributed by atoms with van der Waals surface area (Å²) in [6, 6.07) is 6.35. The summed E-state index contributed by atoms with van der Waals surface area (Å²) in [6.45, 7) is 6.16.